The van der Waals surface area contributed by atoms with Gasteiger partial charge >= 0.3 is 0 Å². The van der Waals surface area contributed by atoms with E-state index in [1.165, 1.54) is 0 Å². The lowest BCUT2D eigenvalue weighted by Crippen LogP contribution is -2.26. The van der Waals surface area contributed by atoms with Crippen LogP contribution in [0.3, 0.4) is 0 Å². The Morgan fingerprint density at radius 1 is 1.20 bits per heavy atom. The molecule has 0 aliphatic rings. The van der Waals surface area contributed by atoms with Crippen LogP contribution in [0.2, 0.25) is 0 Å². The third kappa shape index (κ3) is 2.80. The van der Waals surface area contributed by atoms with E-state index in [9.17, 15) is 5.11 Å². The van der Waals surface area contributed by atoms with Crippen LogP contribution in [-0.2, 0) is 4.74 Å². The first kappa shape index (κ1) is 12.2. The number of hydrogen-bond donors (Lipinski definition) is 1. The van der Waals surface area contributed by atoms with Crippen molar-refractivity contribution in [3.8, 4) is 0 Å². The van der Waals surface area contributed by atoms with Gasteiger partial charge in [-0.25, -0.2) is 0 Å². The minimum Gasteiger partial charge on any atom is -0.386 e. The molecule has 0 saturated heterocycles. The van der Waals surface area contributed by atoms with Gasteiger partial charge in [0.15, 0.2) is 0 Å². The highest BCUT2D eigenvalue weighted by Crippen LogP contribution is 2.26. The van der Waals surface area contributed by atoms with Crippen molar-refractivity contribution in [3.05, 3.63) is 35.4 Å². The maximum absolute atomic E-state index is 10.2. The number of benzene rings is 1. The van der Waals surface area contributed by atoms with Crippen molar-refractivity contribution in [2.45, 2.75) is 33.0 Å². The van der Waals surface area contributed by atoms with Gasteiger partial charge in [0.05, 0.1) is 6.10 Å². The highest BCUT2D eigenvalue weighted by Gasteiger charge is 2.24. The molecule has 0 aromatic heterocycles. The quantitative estimate of drug-likeness (QED) is 0.824. The average Bonchev–Trinajstić information content (AvgIpc) is 2.18. The van der Waals surface area contributed by atoms with Gasteiger partial charge in [0.1, 0.15) is 6.10 Å². The maximum atomic E-state index is 10.2. The fourth-order valence-electron chi connectivity index (χ4n) is 1.86. The molecule has 0 radical (unpaired) electrons. The molecule has 1 rings (SSSR count). The molecule has 84 valence electrons. The lowest BCUT2D eigenvalue weighted by molar-refractivity contribution is -0.0393. The second-order valence-corrected chi connectivity index (χ2v) is 4.25. The number of methoxy groups -OCH3 is 1. The SMILES string of the molecule is COC(C(C)C)C(O)c1ccccc1C. The second kappa shape index (κ2) is 5.29. The van der Waals surface area contributed by atoms with Gasteiger partial charge in [0.2, 0.25) is 0 Å². The molecule has 2 atom stereocenters. The lowest BCUT2D eigenvalue weighted by Gasteiger charge is -2.26. The van der Waals surface area contributed by atoms with Crippen LogP contribution in [0.15, 0.2) is 24.3 Å². The first-order chi connectivity index (χ1) is 7.07. The molecule has 0 fully saturated rings. The molecule has 0 saturated carbocycles. The van der Waals surface area contributed by atoms with Gasteiger partial charge in [-0.3, -0.25) is 0 Å². The third-order valence-corrected chi connectivity index (χ3v) is 2.75. The predicted molar refractivity (Wildman–Crippen MR) is 61.8 cm³/mol. The predicted octanol–water partition coefficient (Wildman–Crippen LogP) is 2.70. The molecule has 0 aliphatic heterocycles. The molecule has 2 heteroatoms. The number of aryl methyl sites for hydroxylation is 1. The van der Waals surface area contributed by atoms with Crippen molar-refractivity contribution in [3.63, 3.8) is 0 Å². The molecule has 1 aromatic rings. The fraction of sp³-hybridized carbons (Fsp3) is 0.538. The van der Waals surface area contributed by atoms with Crippen LogP contribution in [-0.4, -0.2) is 18.3 Å². The first-order valence-corrected chi connectivity index (χ1v) is 5.34. The maximum Gasteiger partial charge on any atom is 0.106 e. The number of ether oxygens (including phenoxy) is 1. The fourth-order valence-corrected chi connectivity index (χ4v) is 1.86. The normalized spacial score (nSPS) is 15.3. The van der Waals surface area contributed by atoms with Crippen molar-refractivity contribution in [2.24, 2.45) is 5.92 Å². The van der Waals surface area contributed by atoms with Gasteiger partial charge in [-0.2, -0.15) is 0 Å². The molecule has 2 nitrogen and oxygen atoms in total. The molecule has 1 aromatic carbocycles. The summed E-state index contributed by atoms with van der Waals surface area (Å²) in [5.41, 5.74) is 2.06. The summed E-state index contributed by atoms with van der Waals surface area (Å²) < 4.78 is 5.33. The van der Waals surface area contributed by atoms with Crippen molar-refractivity contribution >= 4 is 0 Å². The average molecular weight is 208 g/mol. The van der Waals surface area contributed by atoms with Crippen LogP contribution in [0.5, 0.6) is 0 Å². The van der Waals surface area contributed by atoms with E-state index in [4.69, 9.17) is 4.74 Å². The topological polar surface area (TPSA) is 29.5 Å². The Morgan fingerprint density at radius 3 is 2.27 bits per heavy atom. The Kier molecular flexibility index (Phi) is 4.30. The third-order valence-electron chi connectivity index (χ3n) is 2.75. The largest absolute Gasteiger partial charge is 0.386 e. The molecule has 0 bridgehead atoms. The van der Waals surface area contributed by atoms with Crippen molar-refractivity contribution in [1.82, 2.24) is 0 Å². The van der Waals surface area contributed by atoms with Crippen LogP contribution < -0.4 is 0 Å². The molecular formula is C13H20O2. The Balaban J connectivity index is 2.92. The minimum atomic E-state index is -0.545. The van der Waals surface area contributed by atoms with Gasteiger partial charge in [-0.15, -0.1) is 0 Å². The van der Waals surface area contributed by atoms with Crippen LogP contribution in [0.25, 0.3) is 0 Å². The van der Waals surface area contributed by atoms with E-state index in [1.54, 1.807) is 7.11 Å². The molecule has 0 spiro atoms. The van der Waals surface area contributed by atoms with E-state index in [0.717, 1.165) is 11.1 Å². The van der Waals surface area contributed by atoms with Crippen molar-refractivity contribution in [1.29, 1.82) is 0 Å². The Morgan fingerprint density at radius 2 is 1.80 bits per heavy atom. The Bertz CT molecular complexity index is 307. The molecule has 0 aliphatic carbocycles. The van der Waals surface area contributed by atoms with Crippen molar-refractivity contribution in [2.75, 3.05) is 7.11 Å². The van der Waals surface area contributed by atoms with Gasteiger partial charge in [-0.1, -0.05) is 38.1 Å². The number of aliphatic hydroxyl groups excluding tert-OH is 1. The van der Waals surface area contributed by atoms with Crippen LogP contribution in [0.4, 0.5) is 0 Å². The zero-order valence-electron chi connectivity index (χ0n) is 9.90. The highest BCUT2D eigenvalue weighted by molar-refractivity contribution is 5.28. The summed E-state index contributed by atoms with van der Waals surface area (Å²) in [6.45, 7) is 6.11. The van der Waals surface area contributed by atoms with Gasteiger partial charge in [0, 0.05) is 7.11 Å². The summed E-state index contributed by atoms with van der Waals surface area (Å²) in [5.74, 6) is 0.296. The summed E-state index contributed by atoms with van der Waals surface area (Å²) >= 11 is 0. The molecule has 2 unspecified atom stereocenters. The first-order valence-electron chi connectivity index (χ1n) is 5.34. The molecule has 0 amide bonds. The van der Waals surface area contributed by atoms with E-state index in [2.05, 4.69) is 13.8 Å². The van der Waals surface area contributed by atoms with Crippen LogP contribution >= 0.6 is 0 Å². The van der Waals surface area contributed by atoms with Gasteiger partial charge < -0.3 is 9.84 Å². The molecule has 15 heavy (non-hydrogen) atoms. The summed E-state index contributed by atoms with van der Waals surface area (Å²) in [6, 6.07) is 7.88. The smallest absolute Gasteiger partial charge is 0.106 e. The summed E-state index contributed by atoms with van der Waals surface area (Å²) in [7, 11) is 1.64. The van der Waals surface area contributed by atoms with Gasteiger partial charge in [0.25, 0.3) is 0 Å². The van der Waals surface area contributed by atoms with Crippen LogP contribution in [0.1, 0.15) is 31.1 Å². The van der Waals surface area contributed by atoms with E-state index < -0.39 is 6.10 Å². The Hall–Kier alpha value is -0.860. The monoisotopic (exact) mass is 208 g/mol. The van der Waals surface area contributed by atoms with Gasteiger partial charge in [-0.05, 0) is 24.0 Å². The molecule has 1 N–H and O–H groups in total. The zero-order valence-corrected chi connectivity index (χ0v) is 9.90. The van der Waals surface area contributed by atoms with E-state index >= 15 is 0 Å². The zero-order chi connectivity index (χ0) is 11.4. The van der Waals surface area contributed by atoms with Crippen LogP contribution in [0, 0.1) is 12.8 Å². The minimum absolute atomic E-state index is 0.147. The summed E-state index contributed by atoms with van der Waals surface area (Å²) in [4.78, 5) is 0. The molecule has 0 heterocycles. The Labute approximate surface area is 91.9 Å². The summed E-state index contributed by atoms with van der Waals surface area (Å²) in [6.07, 6.45) is -0.692. The number of rotatable bonds is 4. The number of hydrogen-bond acceptors (Lipinski definition) is 2. The van der Waals surface area contributed by atoms with E-state index in [-0.39, 0.29) is 6.10 Å². The standard InChI is InChI=1S/C13H20O2/c1-9(2)13(15-4)12(14)11-8-6-5-7-10(11)3/h5-9,12-14H,1-4H3. The highest BCUT2D eigenvalue weighted by atomic mass is 16.5. The lowest BCUT2D eigenvalue weighted by atomic mass is 9.93. The van der Waals surface area contributed by atoms with Crippen molar-refractivity contribution < 1.29 is 9.84 Å². The summed E-state index contributed by atoms with van der Waals surface area (Å²) in [5, 5.41) is 10.2. The molecular weight excluding hydrogens is 188 g/mol. The second-order valence-electron chi connectivity index (χ2n) is 4.25. The van der Waals surface area contributed by atoms with E-state index in [0.29, 0.717) is 5.92 Å². The number of aliphatic hydroxyl groups is 1. The van der Waals surface area contributed by atoms with E-state index in [1.807, 2.05) is 31.2 Å².